The van der Waals surface area contributed by atoms with Gasteiger partial charge in [-0.05, 0) is 41.8 Å². The number of alkyl halides is 1. The van der Waals surface area contributed by atoms with Gasteiger partial charge in [0.2, 0.25) is 0 Å². The van der Waals surface area contributed by atoms with Crippen LogP contribution in [-0.4, -0.2) is 13.2 Å². The van der Waals surface area contributed by atoms with Crippen molar-refractivity contribution in [2.45, 2.75) is 12.3 Å². The summed E-state index contributed by atoms with van der Waals surface area (Å²) in [6, 6.07) is 11.6. The number of benzene rings is 2. The third-order valence-corrected chi connectivity index (χ3v) is 4.26. The summed E-state index contributed by atoms with van der Waals surface area (Å²) in [7, 11) is 0. The van der Waals surface area contributed by atoms with Crippen LogP contribution in [-0.2, 0) is 0 Å². The van der Waals surface area contributed by atoms with Crippen LogP contribution in [0.4, 0.5) is 0 Å². The molecule has 0 aliphatic carbocycles. The second-order valence-corrected chi connectivity index (χ2v) is 5.62. The molecule has 0 saturated carbocycles. The fraction of sp³-hybridized carbons (Fsp3) is 0.250. The second kappa shape index (κ2) is 5.55. The Labute approximate surface area is 128 Å². The lowest BCUT2D eigenvalue weighted by molar-refractivity contribution is 0.171. The van der Waals surface area contributed by atoms with Gasteiger partial charge in [0, 0.05) is 5.02 Å². The summed E-state index contributed by atoms with van der Waals surface area (Å²) in [6.45, 7) is 3.13. The topological polar surface area (TPSA) is 18.5 Å². The minimum Gasteiger partial charge on any atom is -0.486 e. The van der Waals surface area contributed by atoms with Gasteiger partial charge in [-0.2, -0.15) is 0 Å². The molecule has 0 saturated heterocycles. The number of aryl methyl sites for hydroxylation is 1. The molecule has 1 heterocycles. The van der Waals surface area contributed by atoms with Gasteiger partial charge in [0.05, 0.1) is 5.38 Å². The Balaban J connectivity index is 1.93. The molecule has 104 valence electrons. The highest BCUT2D eigenvalue weighted by Gasteiger charge is 2.17. The van der Waals surface area contributed by atoms with Crippen molar-refractivity contribution in [1.82, 2.24) is 0 Å². The number of ether oxygens (including phenoxy) is 2. The number of hydrogen-bond acceptors (Lipinski definition) is 2. The molecule has 3 rings (SSSR count). The lowest BCUT2D eigenvalue weighted by Gasteiger charge is -2.20. The van der Waals surface area contributed by atoms with Crippen molar-refractivity contribution < 1.29 is 9.47 Å². The largest absolute Gasteiger partial charge is 0.486 e. The van der Waals surface area contributed by atoms with Crippen LogP contribution < -0.4 is 9.47 Å². The Morgan fingerprint density at radius 3 is 2.35 bits per heavy atom. The van der Waals surface area contributed by atoms with Gasteiger partial charge in [0.25, 0.3) is 0 Å². The summed E-state index contributed by atoms with van der Waals surface area (Å²) >= 11 is 12.6. The highest BCUT2D eigenvalue weighted by Crippen LogP contribution is 2.37. The fourth-order valence-electron chi connectivity index (χ4n) is 2.24. The summed E-state index contributed by atoms with van der Waals surface area (Å²) in [6.07, 6.45) is 0. The number of rotatable bonds is 2. The number of halogens is 2. The van der Waals surface area contributed by atoms with Crippen molar-refractivity contribution in [1.29, 1.82) is 0 Å². The Hall–Kier alpha value is -1.38. The van der Waals surface area contributed by atoms with Crippen LogP contribution in [0.3, 0.4) is 0 Å². The van der Waals surface area contributed by atoms with Gasteiger partial charge < -0.3 is 9.47 Å². The maximum absolute atomic E-state index is 6.56. The molecule has 2 nitrogen and oxygen atoms in total. The minimum absolute atomic E-state index is 0.234. The molecular formula is C16H14Cl2O2. The molecular weight excluding hydrogens is 295 g/mol. The van der Waals surface area contributed by atoms with E-state index in [1.165, 1.54) is 0 Å². The number of hydrogen-bond donors (Lipinski definition) is 0. The molecule has 2 aromatic rings. The second-order valence-electron chi connectivity index (χ2n) is 4.77. The van der Waals surface area contributed by atoms with Gasteiger partial charge >= 0.3 is 0 Å². The van der Waals surface area contributed by atoms with E-state index < -0.39 is 0 Å². The average molecular weight is 309 g/mol. The average Bonchev–Trinajstić information content (AvgIpc) is 2.49. The van der Waals surface area contributed by atoms with E-state index in [0.29, 0.717) is 13.2 Å². The zero-order valence-corrected chi connectivity index (χ0v) is 12.5. The third kappa shape index (κ3) is 2.58. The van der Waals surface area contributed by atoms with E-state index in [9.17, 15) is 0 Å². The molecule has 0 spiro atoms. The van der Waals surface area contributed by atoms with Crippen LogP contribution in [0, 0.1) is 6.92 Å². The van der Waals surface area contributed by atoms with E-state index in [1.807, 2.05) is 43.3 Å². The van der Waals surface area contributed by atoms with Gasteiger partial charge in [0.15, 0.2) is 11.5 Å². The van der Waals surface area contributed by atoms with E-state index in [2.05, 4.69) is 0 Å². The van der Waals surface area contributed by atoms with E-state index in [4.69, 9.17) is 32.7 Å². The van der Waals surface area contributed by atoms with E-state index >= 15 is 0 Å². The predicted octanol–water partition coefficient (Wildman–Crippen LogP) is 4.75. The van der Waals surface area contributed by atoms with Crippen molar-refractivity contribution in [2.75, 3.05) is 13.2 Å². The molecule has 1 aliphatic heterocycles. The molecule has 0 aromatic heterocycles. The molecule has 1 atom stereocenters. The summed E-state index contributed by atoms with van der Waals surface area (Å²) in [5.74, 6) is 1.53. The number of fused-ring (bicyclic) bond motifs is 1. The summed E-state index contributed by atoms with van der Waals surface area (Å²) in [5.41, 5.74) is 3.02. The summed E-state index contributed by atoms with van der Waals surface area (Å²) < 4.78 is 11.1. The van der Waals surface area contributed by atoms with Crippen molar-refractivity contribution in [2.24, 2.45) is 0 Å². The first-order chi connectivity index (χ1) is 9.65. The van der Waals surface area contributed by atoms with Crippen LogP contribution >= 0.6 is 23.2 Å². The first-order valence-electron chi connectivity index (χ1n) is 6.45. The van der Waals surface area contributed by atoms with Crippen molar-refractivity contribution in [3.05, 3.63) is 58.1 Å². The van der Waals surface area contributed by atoms with Crippen LogP contribution in [0.25, 0.3) is 0 Å². The monoisotopic (exact) mass is 308 g/mol. The van der Waals surface area contributed by atoms with Crippen molar-refractivity contribution in [3.63, 3.8) is 0 Å². The van der Waals surface area contributed by atoms with E-state index in [-0.39, 0.29) is 5.38 Å². The highest BCUT2D eigenvalue weighted by molar-refractivity contribution is 6.31. The Bertz CT molecular complexity index is 640. The van der Waals surface area contributed by atoms with Gasteiger partial charge in [-0.3, -0.25) is 0 Å². The first kappa shape index (κ1) is 13.6. The SMILES string of the molecule is Cc1cc(C(Cl)c2ccc3c(c2)OCCO3)ccc1Cl. The Morgan fingerprint density at radius 2 is 1.60 bits per heavy atom. The van der Waals surface area contributed by atoms with Crippen molar-refractivity contribution >= 4 is 23.2 Å². The zero-order valence-electron chi connectivity index (χ0n) is 11.0. The highest BCUT2D eigenvalue weighted by atomic mass is 35.5. The molecule has 0 N–H and O–H groups in total. The van der Waals surface area contributed by atoms with Gasteiger partial charge in [-0.1, -0.05) is 29.8 Å². The normalized spacial score (nSPS) is 14.9. The van der Waals surface area contributed by atoms with Crippen LogP contribution in [0.15, 0.2) is 36.4 Å². The van der Waals surface area contributed by atoms with Crippen LogP contribution in [0.5, 0.6) is 11.5 Å². The summed E-state index contributed by atoms with van der Waals surface area (Å²) in [5, 5.41) is 0.515. The lowest BCUT2D eigenvalue weighted by Crippen LogP contribution is -2.15. The lowest BCUT2D eigenvalue weighted by atomic mass is 10.0. The predicted molar refractivity (Wildman–Crippen MR) is 81.3 cm³/mol. The first-order valence-corrected chi connectivity index (χ1v) is 7.26. The van der Waals surface area contributed by atoms with E-state index in [1.54, 1.807) is 0 Å². The minimum atomic E-state index is -0.234. The summed E-state index contributed by atoms with van der Waals surface area (Å²) in [4.78, 5) is 0. The third-order valence-electron chi connectivity index (χ3n) is 3.33. The fourth-order valence-corrected chi connectivity index (χ4v) is 2.62. The molecule has 0 amide bonds. The molecule has 4 heteroatoms. The quantitative estimate of drug-likeness (QED) is 0.745. The maximum Gasteiger partial charge on any atom is 0.161 e. The molecule has 2 aromatic carbocycles. The van der Waals surface area contributed by atoms with Crippen LogP contribution in [0.2, 0.25) is 5.02 Å². The molecule has 0 fully saturated rings. The Morgan fingerprint density at radius 1 is 0.950 bits per heavy atom. The van der Waals surface area contributed by atoms with Gasteiger partial charge in [0.1, 0.15) is 13.2 Å². The molecule has 0 bridgehead atoms. The maximum atomic E-state index is 6.56. The van der Waals surface area contributed by atoms with Gasteiger partial charge in [-0.25, -0.2) is 0 Å². The van der Waals surface area contributed by atoms with Crippen molar-refractivity contribution in [3.8, 4) is 11.5 Å². The molecule has 0 radical (unpaired) electrons. The van der Waals surface area contributed by atoms with Crippen LogP contribution in [0.1, 0.15) is 22.1 Å². The molecule has 1 aliphatic rings. The van der Waals surface area contributed by atoms with E-state index in [0.717, 1.165) is 33.2 Å². The molecule has 1 unspecified atom stereocenters. The zero-order chi connectivity index (χ0) is 14.1. The standard InChI is InChI=1S/C16H14Cl2O2/c1-10-8-11(2-4-13(10)17)16(18)12-3-5-14-15(9-12)20-7-6-19-14/h2-5,8-9,16H,6-7H2,1H3. The molecule has 20 heavy (non-hydrogen) atoms. The Kier molecular flexibility index (Phi) is 3.77. The smallest absolute Gasteiger partial charge is 0.161 e. The van der Waals surface area contributed by atoms with Gasteiger partial charge in [-0.15, -0.1) is 11.6 Å².